The molecule has 1 saturated heterocycles. The number of nitrogens with zero attached hydrogens (tertiary/aromatic N) is 3. The average molecular weight is 462 g/mol. The molecule has 0 unspecified atom stereocenters. The molecule has 3 heterocycles. The number of likely N-dealkylation sites (tertiary alicyclic amines) is 1. The van der Waals surface area contributed by atoms with Crippen molar-refractivity contribution < 1.29 is 14.2 Å². The second-order valence-electron chi connectivity index (χ2n) is 8.09. The zero-order chi connectivity index (χ0) is 22.5. The predicted molar refractivity (Wildman–Crippen MR) is 131 cm³/mol. The van der Waals surface area contributed by atoms with Crippen LogP contribution in [0, 0.1) is 0 Å². The lowest BCUT2D eigenvalue weighted by molar-refractivity contribution is 0.172. The van der Waals surface area contributed by atoms with Gasteiger partial charge in [-0.2, -0.15) is 0 Å². The normalized spacial score (nSPS) is 14.9. The van der Waals surface area contributed by atoms with Crippen molar-refractivity contribution in [2.45, 2.75) is 18.8 Å². The van der Waals surface area contributed by atoms with E-state index in [1.54, 1.807) is 13.3 Å². The Labute approximate surface area is 197 Å². The van der Waals surface area contributed by atoms with Crippen LogP contribution in [-0.2, 0) is 0 Å². The van der Waals surface area contributed by atoms with E-state index in [1.165, 1.54) is 16.9 Å². The summed E-state index contributed by atoms with van der Waals surface area (Å²) < 4.78 is 17.4. The number of hydrogen-bond donors (Lipinski definition) is 0. The van der Waals surface area contributed by atoms with Crippen molar-refractivity contribution in [1.82, 2.24) is 14.9 Å². The second kappa shape index (κ2) is 10.2. The smallest absolute Gasteiger partial charge is 0.281 e. The summed E-state index contributed by atoms with van der Waals surface area (Å²) in [6.07, 6.45) is 4.06. The monoisotopic (exact) mass is 461 g/mol. The number of fused-ring (bicyclic) bond motifs is 1. The largest absolute Gasteiger partial charge is 0.496 e. The van der Waals surface area contributed by atoms with Gasteiger partial charge in [0, 0.05) is 12.7 Å². The molecule has 2 aromatic carbocycles. The zero-order valence-electron chi connectivity index (χ0n) is 18.6. The van der Waals surface area contributed by atoms with E-state index in [-0.39, 0.29) is 0 Å². The first-order valence-electron chi connectivity index (χ1n) is 11.3. The van der Waals surface area contributed by atoms with Gasteiger partial charge in [0.25, 0.3) is 5.19 Å². The average Bonchev–Trinajstić information content (AvgIpc) is 3.28. The number of para-hydroxylation sites is 1. The lowest BCUT2D eigenvalue weighted by Crippen LogP contribution is -2.35. The van der Waals surface area contributed by atoms with Crippen molar-refractivity contribution in [3.05, 3.63) is 72.4 Å². The Morgan fingerprint density at radius 1 is 0.970 bits per heavy atom. The number of benzene rings is 2. The number of hydrogen-bond acceptors (Lipinski definition) is 7. The van der Waals surface area contributed by atoms with Crippen LogP contribution >= 0.6 is 11.3 Å². The van der Waals surface area contributed by atoms with Crippen molar-refractivity contribution in [2.75, 3.05) is 33.4 Å². The van der Waals surface area contributed by atoms with Crippen LogP contribution in [0.5, 0.6) is 22.4 Å². The van der Waals surface area contributed by atoms with Gasteiger partial charge in [0.2, 0.25) is 0 Å². The van der Waals surface area contributed by atoms with Crippen molar-refractivity contribution in [1.29, 1.82) is 0 Å². The van der Waals surface area contributed by atoms with Gasteiger partial charge in [-0.25, -0.2) is 9.97 Å². The van der Waals surface area contributed by atoms with Crippen molar-refractivity contribution in [2.24, 2.45) is 0 Å². The fourth-order valence-corrected chi connectivity index (χ4v) is 5.04. The lowest BCUT2D eigenvalue weighted by atomic mass is 9.89. The molecule has 1 fully saturated rings. The minimum atomic E-state index is 0.567. The molecule has 5 rings (SSSR count). The molecular formula is C26H27N3O3S. The first-order chi connectivity index (χ1) is 16.3. The van der Waals surface area contributed by atoms with Crippen LogP contribution in [0.3, 0.4) is 0 Å². The highest BCUT2D eigenvalue weighted by molar-refractivity contribution is 7.19. The second-order valence-corrected chi connectivity index (χ2v) is 9.03. The molecule has 1 aliphatic rings. The molecule has 6 nitrogen and oxygen atoms in total. The summed E-state index contributed by atoms with van der Waals surface area (Å²) in [6, 6.07) is 19.9. The summed E-state index contributed by atoms with van der Waals surface area (Å²) in [5, 5.41) is 0.592. The molecule has 0 saturated carbocycles. The molecule has 0 bridgehead atoms. The van der Waals surface area contributed by atoms with Crippen molar-refractivity contribution in [3.63, 3.8) is 0 Å². The molecule has 2 aromatic heterocycles. The number of pyridine rings is 1. The van der Waals surface area contributed by atoms with Crippen molar-refractivity contribution in [3.8, 4) is 22.4 Å². The minimum Gasteiger partial charge on any atom is -0.496 e. The summed E-state index contributed by atoms with van der Waals surface area (Å²) in [5.41, 5.74) is 2.18. The molecular weight excluding hydrogens is 434 g/mol. The zero-order valence-corrected chi connectivity index (χ0v) is 19.5. The number of thiazole rings is 1. The van der Waals surface area contributed by atoms with Gasteiger partial charge >= 0.3 is 0 Å². The Morgan fingerprint density at radius 3 is 2.55 bits per heavy atom. The molecule has 0 amide bonds. The molecule has 33 heavy (non-hydrogen) atoms. The van der Waals surface area contributed by atoms with Gasteiger partial charge in [0.05, 0.1) is 7.11 Å². The van der Waals surface area contributed by atoms with Crippen molar-refractivity contribution >= 4 is 21.7 Å². The number of rotatable bonds is 8. The Bertz CT molecular complexity index is 1150. The summed E-state index contributed by atoms with van der Waals surface area (Å²) in [4.78, 5) is 12.1. The highest BCUT2D eigenvalue weighted by Gasteiger charge is 2.22. The van der Waals surface area contributed by atoms with E-state index < -0.39 is 0 Å². The number of methoxy groups -OCH3 is 1. The fraction of sp³-hybridized carbons (Fsp3) is 0.308. The number of piperidine rings is 1. The van der Waals surface area contributed by atoms with Gasteiger partial charge in [-0.05, 0) is 79.9 Å². The molecule has 170 valence electrons. The molecule has 0 spiro atoms. The first kappa shape index (κ1) is 21.7. The predicted octanol–water partition coefficient (Wildman–Crippen LogP) is 5.75. The van der Waals surface area contributed by atoms with E-state index in [0.717, 1.165) is 60.1 Å². The molecule has 1 aliphatic heterocycles. The van der Waals surface area contributed by atoms with Gasteiger partial charge in [-0.1, -0.05) is 29.5 Å². The molecule has 0 radical (unpaired) electrons. The highest BCUT2D eigenvalue weighted by atomic mass is 32.1. The van der Waals surface area contributed by atoms with Crippen LogP contribution in [0.25, 0.3) is 10.3 Å². The third-order valence-corrected chi connectivity index (χ3v) is 6.88. The van der Waals surface area contributed by atoms with Crippen LogP contribution in [0.15, 0.2) is 66.9 Å². The Kier molecular flexibility index (Phi) is 6.69. The maximum absolute atomic E-state index is 5.97. The minimum absolute atomic E-state index is 0.567. The van der Waals surface area contributed by atoms with E-state index in [1.807, 2.05) is 42.5 Å². The quantitative estimate of drug-likeness (QED) is 0.333. The van der Waals surface area contributed by atoms with E-state index in [4.69, 9.17) is 14.2 Å². The van der Waals surface area contributed by atoms with Crippen LogP contribution < -0.4 is 14.2 Å². The first-order valence-corrected chi connectivity index (χ1v) is 12.1. The summed E-state index contributed by atoms with van der Waals surface area (Å²) in [5.74, 6) is 3.15. The van der Waals surface area contributed by atoms with Gasteiger partial charge < -0.3 is 14.2 Å². The summed E-state index contributed by atoms with van der Waals surface area (Å²) >= 11 is 1.44. The molecule has 0 N–H and O–H groups in total. The van der Waals surface area contributed by atoms with Crippen LogP contribution in [-0.4, -0.2) is 48.2 Å². The van der Waals surface area contributed by atoms with E-state index in [0.29, 0.717) is 17.7 Å². The Morgan fingerprint density at radius 2 is 1.76 bits per heavy atom. The highest BCUT2D eigenvalue weighted by Crippen LogP contribution is 2.34. The van der Waals surface area contributed by atoms with E-state index in [2.05, 4.69) is 33.1 Å². The van der Waals surface area contributed by atoms with Gasteiger partial charge in [-0.15, -0.1) is 0 Å². The summed E-state index contributed by atoms with van der Waals surface area (Å²) in [7, 11) is 1.75. The third-order valence-electron chi connectivity index (χ3n) is 6.02. The maximum Gasteiger partial charge on any atom is 0.281 e. The lowest BCUT2D eigenvalue weighted by Gasteiger charge is -2.32. The Hall–Kier alpha value is -3.16. The topological polar surface area (TPSA) is 56.7 Å². The van der Waals surface area contributed by atoms with E-state index in [9.17, 15) is 0 Å². The summed E-state index contributed by atoms with van der Waals surface area (Å²) in [6.45, 7) is 3.75. The van der Waals surface area contributed by atoms with Gasteiger partial charge in [-0.3, -0.25) is 4.90 Å². The van der Waals surface area contributed by atoms with Crippen LogP contribution in [0.2, 0.25) is 0 Å². The molecule has 7 heteroatoms. The molecule has 0 aliphatic carbocycles. The Balaban J connectivity index is 1.07. The van der Waals surface area contributed by atoms with Gasteiger partial charge in [0.15, 0.2) is 0 Å². The number of ether oxygens (including phenoxy) is 3. The maximum atomic E-state index is 5.97. The van der Waals surface area contributed by atoms with Crippen LogP contribution in [0.4, 0.5) is 0 Å². The molecule has 4 aromatic rings. The molecule has 0 atom stereocenters. The number of aromatic nitrogens is 2. The van der Waals surface area contributed by atoms with Gasteiger partial charge in [0.1, 0.15) is 34.2 Å². The standard InChI is InChI=1S/C26H27N3O3S/c1-30-24-7-3-2-5-22(24)19-12-15-29(16-13-19)17-18-31-20-8-10-21(11-9-20)32-26-28-23-6-4-14-27-25(23)33-26/h2-11,14,19H,12-13,15-18H2,1H3. The van der Waals surface area contributed by atoms with Crippen LogP contribution in [0.1, 0.15) is 24.3 Å². The third kappa shape index (κ3) is 5.26. The SMILES string of the molecule is COc1ccccc1C1CCN(CCOc2ccc(Oc3nc4cccnc4s3)cc2)CC1. The fourth-order valence-electron chi connectivity index (χ4n) is 4.26. The van der Waals surface area contributed by atoms with E-state index >= 15 is 0 Å².